The van der Waals surface area contributed by atoms with Crippen LogP contribution in [0.15, 0.2) is 24.3 Å². The van der Waals surface area contributed by atoms with Gasteiger partial charge in [-0.05, 0) is 31.2 Å². The molecule has 1 aromatic carbocycles. The number of benzene rings is 1. The summed E-state index contributed by atoms with van der Waals surface area (Å²) < 4.78 is 0. The highest BCUT2D eigenvalue weighted by atomic mass is 16.1. The number of hydrogen-bond acceptors (Lipinski definition) is 2. The zero-order valence-corrected chi connectivity index (χ0v) is 5.79. The quantitative estimate of drug-likeness (QED) is 0.467. The summed E-state index contributed by atoms with van der Waals surface area (Å²) >= 11 is 0. The molecule has 0 aromatic heterocycles. The second-order valence-electron chi connectivity index (χ2n) is 2.18. The Hall–Kier alpha value is -1.31. The fourth-order valence-electron chi connectivity index (χ4n) is 0.718. The van der Waals surface area contributed by atoms with E-state index in [1.807, 2.05) is 0 Å². The predicted octanol–water partition coefficient (Wildman–Crippen LogP) is 1.47. The van der Waals surface area contributed by atoms with Crippen molar-refractivity contribution in [2.45, 2.75) is 6.92 Å². The molecule has 2 heteroatoms. The van der Waals surface area contributed by atoms with Gasteiger partial charge in [0.2, 0.25) is 0 Å². The second kappa shape index (κ2) is 2.52. The lowest BCUT2D eigenvalue weighted by molar-refractivity contribution is 0.101. The van der Waals surface area contributed by atoms with Gasteiger partial charge in [0.05, 0.1) is 0 Å². The third-order valence-corrected chi connectivity index (χ3v) is 1.32. The molecular weight excluding hydrogens is 125 g/mol. The fraction of sp³-hybridized carbons (Fsp3) is 0.125. The van der Waals surface area contributed by atoms with Crippen molar-refractivity contribution >= 4 is 11.5 Å². The Balaban J connectivity index is 3.00. The second-order valence-corrected chi connectivity index (χ2v) is 2.18. The van der Waals surface area contributed by atoms with Crippen LogP contribution in [0.25, 0.3) is 0 Å². The Morgan fingerprint density at radius 1 is 1.30 bits per heavy atom. The Labute approximate surface area is 59.7 Å². The molecule has 0 unspecified atom stereocenters. The smallest absolute Gasteiger partial charge is 0.159 e. The largest absolute Gasteiger partial charge is 0.399 e. The number of carbonyl (C=O) groups is 1. The molecule has 0 fully saturated rings. The van der Waals surface area contributed by atoms with Crippen LogP contribution < -0.4 is 5.73 Å². The number of rotatable bonds is 1. The standard InChI is InChI=1S/C8H9NO/c1-6(10)7-2-4-8(9)5-3-7/h2-5H,9H2,1H3/i6-1. The van der Waals surface area contributed by atoms with E-state index in [9.17, 15) is 4.79 Å². The van der Waals surface area contributed by atoms with Gasteiger partial charge < -0.3 is 5.73 Å². The molecule has 0 amide bonds. The van der Waals surface area contributed by atoms with Gasteiger partial charge in [-0.25, -0.2) is 0 Å². The maximum absolute atomic E-state index is 10.7. The molecule has 0 bridgehead atoms. The topological polar surface area (TPSA) is 43.1 Å². The number of anilines is 1. The Kier molecular flexibility index (Phi) is 1.71. The minimum absolute atomic E-state index is 0.0694. The van der Waals surface area contributed by atoms with Gasteiger partial charge in [0, 0.05) is 11.3 Å². The number of nitrogen functional groups attached to an aromatic ring is 1. The molecule has 10 heavy (non-hydrogen) atoms. The number of Topliss-reactive ketones (excluding diaryl/α,β-unsaturated/α-hetero) is 1. The molecule has 0 saturated carbocycles. The molecule has 1 aromatic rings. The van der Waals surface area contributed by atoms with Gasteiger partial charge in [-0.15, -0.1) is 0 Å². The van der Waals surface area contributed by atoms with Gasteiger partial charge in [-0.1, -0.05) is 0 Å². The Morgan fingerprint density at radius 2 is 1.80 bits per heavy atom. The summed E-state index contributed by atoms with van der Waals surface area (Å²) in [7, 11) is 0. The molecule has 0 spiro atoms. The monoisotopic (exact) mass is 134 g/mol. The maximum Gasteiger partial charge on any atom is 0.159 e. The summed E-state index contributed by atoms with van der Waals surface area (Å²) in [5.41, 5.74) is 6.80. The number of hydrogen-bond donors (Lipinski definition) is 1. The normalized spacial score (nSPS) is 9.30. The van der Waals surface area contributed by atoms with Crippen LogP contribution >= 0.6 is 0 Å². The minimum atomic E-state index is 0.0694. The van der Waals surface area contributed by atoms with Crippen molar-refractivity contribution in [2.75, 3.05) is 5.73 Å². The van der Waals surface area contributed by atoms with Crippen molar-refractivity contribution in [1.29, 1.82) is 0 Å². The fourth-order valence-corrected chi connectivity index (χ4v) is 0.718. The van der Waals surface area contributed by atoms with Crippen LogP contribution in [-0.2, 0) is 0 Å². The highest BCUT2D eigenvalue weighted by molar-refractivity contribution is 5.94. The molecule has 0 saturated heterocycles. The van der Waals surface area contributed by atoms with Crippen LogP contribution in [0.2, 0.25) is 0 Å². The van der Waals surface area contributed by atoms with E-state index in [-0.39, 0.29) is 5.78 Å². The highest BCUT2D eigenvalue weighted by Gasteiger charge is 1.95. The summed E-state index contributed by atoms with van der Waals surface area (Å²) in [6, 6.07) is 6.88. The molecular formula is C8H9NO. The lowest BCUT2D eigenvalue weighted by Crippen LogP contribution is -1.91. The molecule has 52 valence electrons. The number of ketones is 1. The van der Waals surface area contributed by atoms with Crippen molar-refractivity contribution in [3.63, 3.8) is 0 Å². The first-order valence-electron chi connectivity index (χ1n) is 3.06. The zero-order valence-electron chi connectivity index (χ0n) is 5.79. The zero-order chi connectivity index (χ0) is 7.56. The first-order valence-corrected chi connectivity index (χ1v) is 3.06. The first kappa shape index (κ1) is 6.81. The van der Waals surface area contributed by atoms with E-state index in [0.29, 0.717) is 11.3 Å². The molecule has 2 nitrogen and oxygen atoms in total. The predicted molar refractivity (Wildman–Crippen MR) is 40.9 cm³/mol. The van der Waals surface area contributed by atoms with Crippen molar-refractivity contribution in [3.8, 4) is 0 Å². The van der Waals surface area contributed by atoms with Crippen LogP contribution in [0.3, 0.4) is 0 Å². The van der Waals surface area contributed by atoms with Crippen LogP contribution in [0.4, 0.5) is 5.69 Å². The van der Waals surface area contributed by atoms with Crippen LogP contribution in [0.1, 0.15) is 17.3 Å². The van der Waals surface area contributed by atoms with Crippen molar-refractivity contribution in [3.05, 3.63) is 29.8 Å². The minimum Gasteiger partial charge on any atom is -0.399 e. The summed E-state index contributed by atoms with van der Waals surface area (Å²) in [5, 5.41) is 0. The SMILES string of the molecule is C[11C](=O)c1ccc(N)cc1. The number of carbonyl (C=O) groups excluding carboxylic acids is 1. The first-order chi connectivity index (χ1) is 4.70. The van der Waals surface area contributed by atoms with Gasteiger partial charge in [-0.3, -0.25) is 4.79 Å². The Morgan fingerprint density at radius 3 is 2.20 bits per heavy atom. The molecule has 0 aliphatic heterocycles. The third-order valence-electron chi connectivity index (χ3n) is 1.32. The van der Waals surface area contributed by atoms with Crippen LogP contribution in [-0.4, -0.2) is 5.78 Å². The average Bonchev–Trinajstić information content (AvgIpc) is 1.88. The van der Waals surface area contributed by atoms with Crippen molar-refractivity contribution < 1.29 is 4.79 Å². The molecule has 0 radical (unpaired) electrons. The van der Waals surface area contributed by atoms with Crippen LogP contribution in [0, 0.1) is 0 Å². The van der Waals surface area contributed by atoms with Crippen LogP contribution in [0.5, 0.6) is 0 Å². The Bertz CT molecular complexity index is 238. The van der Waals surface area contributed by atoms with Crippen molar-refractivity contribution in [2.24, 2.45) is 0 Å². The van der Waals surface area contributed by atoms with E-state index in [4.69, 9.17) is 5.73 Å². The summed E-state index contributed by atoms with van der Waals surface area (Å²) in [5.74, 6) is 0.0694. The summed E-state index contributed by atoms with van der Waals surface area (Å²) in [6.45, 7) is 1.53. The van der Waals surface area contributed by atoms with E-state index in [1.165, 1.54) is 6.92 Å². The molecule has 0 aliphatic rings. The van der Waals surface area contributed by atoms with Gasteiger partial charge in [0.15, 0.2) is 5.78 Å². The number of nitrogens with two attached hydrogens (primary N) is 1. The highest BCUT2D eigenvalue weighted by Crippen LogP contribution is 2.05. The van der Waals surface area contributed by atoms with Gasteiger partial charge in [-0.2, -0.15) is 0 Å². The van der Waals surface area contributed by atoms with E-state index in [2.05, 4.69) is 0 Å². The van der Waals surface area contributed by atoms with E-state index in [1.54, 1.807) is 24.3 Å². The van der Waals surface area contributed by atoms with Crippen molar-refractivity contribution in [1.82, 2.24) is 0 Å². The van der Waals surface area contributed by atoms with Gasteiger partial charge >= 0.3 is 0 Å². The lowest BCUT2D eigenvalue weighted by atomic mass is 9.80. The van der Waals surface area contributed by atoms with E-state index in [0.717, 1.165) is 0 Å². The molecule has 1 rings (SSSR count). The summed E-state index contributed by atoms with van der Waals surface area (Å²) in [6.07, 6.45) is 0. The lowest BCUT2D eigenvalue weighted by Gasteiger charge is -1.94. The van der Waals surface area contributed by atoms with E-state index >= 15 is 0 Å². The molecule has 0 heterocycles. The molecule has 0 atom stereocenters. The third kappa shape index (κ3) is 1.35. The molecule has 0 aliphatic carbocycles. The van der Waals surface area contributed by atoms with Gasteiger partial charge in [0.1, 0.15) is 0 Å². The summed E-state index contributed by atoms with van der Waals surface area (Å²) in [4.78, 5) is 10.7. The van der Waals surface area contributed by atoms with E-state index < -0.39 is 0 Å². The average molecular weight is 134 g/mol. The van der Waals surface area contributed by atoms with Gasteiger partial charge in [0.25, 0.3) is 0 Å². The maximum atomic E-state index is 10.7. The molecule has 2 N–H and O–H groups in total.